The van der Waals surface area contributed by atoms with E-state index in [1.165, 1.54) is 0 Å². The van der Waals surface area contributed by atoms with Crippen LogP contribution < -0.4 is 0 Å². The predicted molar refractivity (Wildman–Crippen MR) is 47.2 cm³/mol. The first-order valence-electron chi connectivity index (χ1n) is 4.34. The minimum Gasteiger partial charge on any atom is -0.465 e. The highest BCUT2D eigenvalue weighted by Crippen LogP contribution is 1.89. The molecule has 5 nitrogen and oxygen atoms in total. The summed E-state index contributed by atoms with van der Waals surface area (Å²) >= 11 is 0. The number of aliphatic hydroxyl groups is 2. The SMILES string of the molecule is CCOC(=O)CN(CCO)CCO. The Hall–Kier alpha value is -0.650. The maximum atomic E-state index is 11.0. The molecule has 0 amide bonds. The van der Waals surface area contributed by atoms with Crippen LogP contribution in [0.4, 0.5) is 0 Å². The predicted octanol–water partition coefficient (Wildman–Crippen LogP) is -1.16. The molecule has 0 rings (SSSR count). The smallest absolute Gasteiger partial charge is 0.320 e. The Morgan fingerprint density at radius 3 is 2.23 bits per heavy atom. The van der Waals surface area contributed by atoms with Gasteiger partial charge >= 0.3 is 5.97 Å². The van der Waals surface area contributed by atoms with Crippen LogP contribution in [0.5, 0.6) is 0 Å². The zero-order valence-corrected chi connectivity index (χ0v) is 7.90. The van der Waals surface area contributed by atoms with Crippen molar-refractivity contribution in [3.63, 3.8) is 0 Å². The van der Waals surface area contributed by atoms with Crippen LogP contribution in [-0.2, 0) is 9.53 Å². The fraction of sp³-hybridized carbons (Fsp3) is 0.875. The van der Waals surface area contributed by atoms with Gasteiger partial charge in [-0.05, 0) is 6.92 Å². The molecule has 0 bridgehead atoms. The number of hydrogen-bond donors (Lipinski definition) is 2. The summed E-state index contributed by atoms with van der Waals surface area (Å²) in [6, 6.07) is 0. The summed E-state index contributed by atoms with van der Waals surface area (Å²) in [4.78, 5) is 12.6. The van der Waals surface area contributed by atoms with Gasteiger partial charge in [0.25, 0.3) is 0 Å². The van der Waals surface area contributed by atoms with Crippen LogP contribution >= 0.6 is 0 Å². The summed E-state index contributed by atoms with van der Waals surface area (Å²) in [6.45, 7) is 2.90. The number of carbonyl (C=O) groups excluding carboxylic acids is 1. The van der Waals surface area contributed by atoms with E-state index in [0.717, 1.165) is 0 Å². The van der Waals surface area contributed by atoms with Crippen molar-refractivity contribution >= 4 is 5.97 Å². The lowest BCUT2D eigenvalue weighted by Crippen LogP contribution is -2.35. The largest absolute Gasteiger partial charge is 0.465 e. The normalized spacial score (nSPS) is 10.5. The highest BCUT2D eigenvalue weighted by molar-refractivity contribution is 5.71. The monoisotopic (exact) mass is 191 g/mol. The van der Waals surface area contributed by atoms with Gasteiger partial charge in [-0.1, -0.05) is 0 Å². The Bertz CT molecular complexity index is 134. The molecular weight excluding hydrogens is 174 g/mol. The van der Waals surface area contributed by atoms with Gasteiger partial charge in [0.2, 0.25) is 0 Å². The Balaban J connectivity index is 3.71. The van der Waals surface area contributed by atoms with Gasteiger partial charge in [0, 0.05) is 13.1 Å². The second-order valence-corrected chi connectivity index (χ2v) is 2.53. The molecule has 0 aromatic heterocycles. The Labute approximate surface area is 77.9 Å². The lowest BCUT2D eigenvalue weighted by Gasteiger charge is -2.18. The van der Waals surface area contributed by atoms with E-state index in [4.69, 9.17) is 14.9 Å². The number of rotatable bonds is 7. The summed E-state index contributed by atoms with van der Waals surface area (Å²) < 4.78 is 4.72. The Morgan fingerprint density at radius 1 is 1.31 bits per heavy atom. The van der Waals surface area contributed by atoms with Crippen LogP contribution in [0.15, 0.2) is 0 Å². The van der Waals surface area contributed by atoms with E-state index >= 15 is 0 Å². The first kappa shape index (κ1) is 12.3. The van der Waals surface area contributed by atoms with Crippen LogP contribution in [0, 0.1) is 0 Å². The third-order valence-electron chi connectivity index (χ3n) is 1.49. The third-order valence-corrected chi connectivity index (χ3v) is 1.49. The molecule has 0 aromatic rings. The topological polar surface area (TPSA) is 70.0 Å². The van der Waals surface area contributed by atoms with E-state index in [9.17, 15) is 4.79 Å². The molecule has 0 saturated heterocycles. The average molecular weight is 191 g/mol. The van der Waals surface area contributed by atoms with Crippen LogP contribution in [-0.4, -0.2) is 60.5 Å². The number of hydrogen-bond acceptors (Lipinski definition) is 5. The summed E-state index contributed by atoms with van der Waals surface area (Å²) in [5.41, 5.74) is 0. The second-order valence-electron chi connectivity index (χ2n) is 2.53. The van der Waals surface area contributed by atoms with Crippen molar-refractivity contribution in [1.82, 2.24) is 4.90 Å². The lowest BCUT2D eigenvalue weighted by molar-refractivity contribution is -0.144. The first-order chi connectivity index (χ1) is 6.24. The third kappa shape index (κ3) is 6.51. The second kappa shape index (κ2) is 7.97. The fourth-order valence-electron chi connectivity index (χ4n) is 0.942. The van der Waals surface area contributed by atoms with Crippen LogP contribution in [0.3, 0.4) is 0 Å². The van der Waals surface area contributed by atoms with Crippen molar-refractivity contribution in [3.8, 4) is 0 Å². The molecule has 13 heavy (non-hydrogen) atoms. The van der Waals surface area contributed by atoms with Crippen LogP contribution in [0.25, 0.3) is 0 Å². The highest BCUT2D eigenvalue weighted by Gasteiger charge is 2.09. The van der Waals surface area contributed by atoms with E-state index in [-0.39, 0.29) is 25.7 Å². The Morgan fingerprint density at radius 2 is 1.85 bits per heavy atom. The molecule has 2 N–H and O–H groups in total. The van der Waals surface area contributed by atoms with Crippen molar-refractivity contribution < 1.29 is 19.7 Å². The number of nitrogens with zero attached hydrogens (tertiary/aromatic N) is 1. The highest BCUT2D eigenvalue weighted by atomic mass is 16.5. The molecule has 0 heterocycles. The van der Waals surface area contributed by atoms with Crippen LogP contribution in [0.2, 0.25) is 0 Å². The van der Waals surface area contributed by atoms with Gasteiger partial charge < -0.3 is 14.9 Å². The molecule has 0 aliphatic carbocycles. The number of carbonyl (C=O) groups is 1. The molecule has 0 atom stereocenters. The summed E-state index contributed by atoms with van der Waals surface area (Å²) in [5.74, 6) is -0.329. The summed E-state index contributed by atoms with van der Waals surface area (Å²) in [7, 11) is 0. The van der Waals surface area contributed by atoms with Gasteiger partial charge in [0.1, 0.15) is 0 Å². The Kier molecular flexibility index (Phi) is 7.57. The van der Waals surface area contributed by atoms with Crippen LogP contribution in [0.1, 0.15) is 6.92 Å². The fourth-order valence-corrected chi connectivity index (χ4v) is 0.942. The zero-order chi connectivity index (χ0) is 10.1. The molecule has 0 spiro atoms. The van der Waals surface area contributed by atoms with Crippen molar-refractivity contribution in [2.24, 2.45) is 0 Å². The van der Waals surface area contributed by atoms with Crippen molar-refractivity contribution in [3.05, 3.63) is 0 Å². The molecular formula is C8H17NO4. The molecule has 0 aliphatic rings. The molecule has 0 unspecified atom stereocenters. The quantitative estimate of drug-likeness (QED) is 0.496. The minimum atomic E-state index is -0.329. The van der Waals surface area contributed by atoms with Crippen molar-refractivity contribution in [2.75, 3.05) is 39.5 Å². The lowest BCUT2D eigenvalue weighted by atomic mass is 10.4. The molecule has 0 aromatic carbocycles. The van der Waals surface area contributed by atoms with Gasteiger partial charge in [-0.3, -0.25) is 9.69 Å². The van der Waals surface area contributed by atoms with Crippen molar-refractivity contribution in [1.29, 1.82) is 0 Å². The molecule has 0 aliphatic heterocycles. The maximum absolute atomic E-state index is 11.0. The molecule has 0 radical (unpaired) electrons. The van der Waals surface area contributed by atoms with E-state index in [1.807, 2.05) is 0 Å². The minimum absolute atomic E-state index is 0.0284. The molecule has 0 fully saturated rings. The average Bonchev–Trinajstić information content (AvgIpc) is 2.05. The molecule has 5 heteroatoms. The standard InChI is InChI=1S/C8H17NO4/c1-2-13-8(12)7-9(3-5-10)4-6-11/h10-11H,2-7H2,1H3. The molecule has 78 valence electrons. The van der Waals surface area contributed by atoms with E-state index < -0.39 is 0 Å². The number of ether oxygens (including phenoxy) is 1. The maximum Gasteiger partial charge on any atom is 0.320 e. The van der Waals surface area contributed by atoms with E-state index in [0.29, 0.717) is 19.7 Å². The van der Waals surface area contributed by atoms with Gasteiger partial charge in [-0.15, -0.1) is 0 Å². The summed E-state index contributed by atoms with van der Waals surface area (Å²) in [5, 5.41) is 17.3. The zero-order valence-electron chi connectivity index (χ0n) is 7.90. The van der Waals surface area contributed by atoms with Gasteiger partial charge in [0.05, 0.1) is 26.4 Å². The van der Waals surface area contributed by atoms with Gasteiger partial charge in [-0.2, -0.15) is 0 Å². The number of aliphatic hydroxyl groups excluding tert-OH is 2. The number of esters is 1. The van der Waals surface area contributed by atoms with E-state index in [2.05, 4.69) is 0 Å². The van der Waals surface area contributed by atoms with Crippen molar-refractivity contribution in [2.45, 2.75) is 6.92 Å². The van der Waals surface area contributed by atoms with Gasteiger partial charge in [0.15, 0.2) is 0 Å². The van der Waals surface area contributed by atoms with Gasteiger partial charge in [-0.25, -0.2) is 0 Å². The summed E-state index contributed by atoms with van der Waals surface area (Å²) in [6.07, 6.45) is 0. The van der Waals surface area contributed by atoms with E-state index in [1.54, 1.807) is 11.8 Å². The molecule has 0 saturated carbocycles. The first-order valence-corrected chi connectivity index (χ1v) is 4.34.